The third-order valence-electron chi connectivity index (χ3n) is 5.64. The van der Waals surface area contributed by atoms with Crippen LogP contribution in [0.1, 0.15) is 15.9 Å². The zero-order chi connectivity index (χ0) is 21.5. The monoisotopic (exact) mass is 408 g/mol. The van der Waals surface area contributed by atoms with Gasteiger partial charge in [0.05, 0.1) is 17.9 Å². The molecule has 1 aliphatic rings. The minimum Gasteiger partial charge on any atom is -0.366 e. The van der Waals surface area contributed by atoms with E-state index in [1.807, 2.05) is 71.5 Å². The SMILES string of the molecule is C=C(CN1Cc2c(ccc3ccc(-c4ccn(-c5ccccc5)n4)cc23)C1=O)C(N)=O. The molecule has 5 rings (SSSR count). The van der Waals surface area contributed by atoms with Crippen molar-refractivity contribution in [2.75, 3.05) is 6.54 Å². The number of primary amides is 1. The van der Waals surface area contributed by atoms with Gasteiger partial charge >= 0.3 is 0 Å². The Morgan fingerprint density at radius 3 is 2.61 bits per heavy atom. The first-order valence-electron chi connectivity index (χ1n) is 9.95. The van der Waals surface area contributed by atoms with Gasteiger partial charge in [-0.1, -0.05) is 43.0 Å². The maximum Gasteiger partial charge on any atom is 0.254 e. The molecule has 0 bridgehead atoms. The number of aromatic nitrogens is 2. The minimum atomic E-state index is -0.593. The summed E-state index contributed by atoms with van der Waals surface area (Å²) in [7, 11) is 0. The largest absolute Gasteiger partial charge is 0.366 e. The summed E-state index contributed by atoms with van der Waals surface area (Å²) in [5, 5.41) is 6.77. The lowest BCUT2D eigenvalue weighted by Crippen LogP contribution is -2.30. The molecule has 2 N–H and O–H groups in total. The average Bonchev–Trinajstić information content (AvgIpc) is 3.40. The van der Waals surface area contributed by atoms with Crippen molar-refractivity contribution in [2.45, 2.75) is 6.54 Å². The van der Waals surface area contributed by atoms with E-state index in [2.05, 4.69) is 12.6 Å². The number of nitrogens with two attached hydrogens (primary N) is 1. The summed E-state index contributed by atoms with van der Waals surface area (Å²) in [4.78, 5) is 25.8. The molecule has 0 atom stereocenters. The van der Waals surface area contributed by atoms with Crippen LogP contribution < -0.4 is 5.73 Å². The lowest BCUT2D eigenvalue weighted by atomic mass is 9.98. The van der Waals surface area contributed by atoms with Crippen LogP contribution in [0.4, 0.5) is 0 Å². The highest BCUT2D eigenvalue weighted by Gasteiger charge is 2.29. The molecule has 0 fully saturated rings. The Hall–Kier alpha value is -4.19. The molecular formula is C25H20N4O2. The smallest absolute Gasteiger partial charge is 0.254 e. The number of hydrogen-bond acceptors (Lipinski definition) is 3. The number of fused-ring (bicyclic) bond motifs is 3. The van der Waals surface area contributed by atoms with Crippen LogP contribution in [0.2, 0.25) is 0 Å². The van der Waals surface area contributed by atoms with E-state index in [0.717, 1.165) is 33.3 Å². The first kappa shape index (κ1) is 18.8. The standard InChI is InChI=1S/C25H20N4O2/c1-16(24(26)30)14-28-15-22-20(25(28)31)10-9-17-7-8-18(13-21(17)22)23-11-12-29(27-23)19-5-3-2-4-6-19/h2-13H,1,14-15H2,(H2,26,30). The number of benzene rings is 3. The van der Waals surface area contributed by atoms with Crippen molar-refractivity contribution in [3.8, 4) is 16.9 Å². The van der Waals surface area contributed by atoms with Crippen molar-refractivity contribution < 1.29 is 9.59 Å². The summed E-state index contributed by atoms with van der Waals surface area (Å²) in [5.41, 5.74) is 9.94. The molecule has 0 saturated carbocycles. The topological polar surface area (TPSA) is 81.2 Å². The third-order valence-corrected chi connectivity index (χ3v) is 5.64. The lowest BCUT2D eigenvalue weighted by molar-refractivity contribution is -0.114. The van der Waals surface area contributed by atoms with Gasteiger partial charge in [0.1, 0.15) is 0 Å². The molecule has 31 heavy (non-hydrogen) atoms. The number of para-hydroxylation sites is 1. The van der Waals surface area contributed by atoms with Gasteiger partial charge in [-0.25, -0.2) is 4.68 Å². The first-order chi connectivity index (χ1) is 15.0. The van der Waals surface area contributed by atoms with E-state index >= 15 is 0 Å². The van der Waals surface area contributed by atoms with Crippen LogP contribution in [-0.4, -0.2) is 33.0 Å². The lowest BCUT2D eigenvalue weighted by Gasteiger charge is -2.15. The second kappa shape index (κ2) is 7.25. The predicted octanol–water partition coefficient (Wildman–Crippen LogP) is 3.69. The Kier molecular flexibility index (Phi) is 4.40. The summed E-state index contributed by atoms with van der Waals surface area (Å²) in [6, 6.07) is 21.9. The molecular weight excluding hydrogens is 388 g/mol. The minimum absolute atomic E-state index is 0.113. The Balaban J connectivity index is 1.52. The van der Waals surface area contributed by atoms with E-state index in [0.29, 0.717) is 12.1 Å². The van der Waals surface area contributed by atoms with Crippen molar-refractivity contribution in [2.24, 2.45) is 5.73 Å². The maximum atomic E-state index is 12.8. The molecule has 0 aliphatic carbocycles. The molecule has 6 nitrogen and oxygen atoms in total. The molecule has 4 aromatic rings. The summed E-state index contributed by atoms with van der Waals surface area (Å²) in [6.07, 6.45) is 1.94. The van der Waals surface area contributed by atoms with Gasteiger partial charge in [-0.15, -0.1) is 0 Å². The number of carbonyl (C=O) groups excluding carboxylic acids is 2. The van der Waals surface area contributed by atoms with Crippen molar-refractivity contribution in [3.63, 3.8) is 0 Å². The summed E-state index contributed by atoms with van der Waals surface area (Å²) in [5.74, 6) is -0.706. The quantitative estimate of drug-likeness (QED) is 0.512. The van der Waals surface area contributed by atoms with E-state index in [1.165, 1.54) is 0 Å². The van der Waals surface area contributed by atoms with Crippen molar-refractivity contribution in [3.05, 3.63) is 96.2 Å². The summed E-state index contributed by atoms with van der Waals surface area (Å²) in [6.45, 7) is 4.23. The molecule has 0 radical (unpaired) electrons. The van der Waals surface area contributed by atoms with E-state index in [9.17, 15) is 9.59 Å². The van der Waals surface area contributed by atoms with Crippen LogP contribution in [0.3, 0.4) is 0 Å². The van der Waals surface area contributed by atoms with Crippen LogP contribution in [0.15, 0.2) is 85.1 Å². The zero-order valence-electron chi connectivity index (χ0n) is 16.8. The van der Waals surface area contributed by atoms with E-state index < -0.39 is 5.91 Å². The zero-order valence-corrected chi connectivity index (χ0v) is 16.8. The van der Waals surface area contributed by atoms with Gasteiger partial charge in [0, 0.05) is 29.4 Å². The second-order valence-electron chi connectivity index (χ2n) is 7.64. The Labute approximate surface area is 179 Å². The maximum absolute atomic E-state index is 12.8. The number of nitrogens with zero attached hydrogens (tertiary/aromatic N) is 3. The first-order valence-corrected chi connectivity index (χ1v) is 9.95. The number of amides is 2. The third kappa shape index (κ3) is 3.28. The van der Waals surface area contributed by atoms with Crippen LogP contribution in [0.5, 0.6) is 0 Å². The van der Waals surface area contributed by atoms with Gasteiger partial charge in [-0.3, -0.25) is 9.59 Å². The van der Waals surface area contributed by atoms with Crippen LogP contribution >= 0.6 is 0 Å². The molecule has 3 aromatic carbocycles. The normalized spacial score (nSPS) is 12.9. The molecule has 1 aromatic heterocycles. The van der Waals surface area contributed by atoms with Crippen LogP contribution in [0, 0.1) is 0 Å². The van der Waals surface area contributed by atoms with Gasteiger partial charge < -0.3 is 10.6 Å². The second-order valence-corrected chi connectivity index (χ2v) is 7.64. The average molecular weight is 408 g/mol. The molecule has 152 valence electrons. The van der Waals surface area contributed by atoms with Gasteiger partial charge in [0.2, 0.25) is 5.91 Å². The highest BCUT2D eigenvalue weighted by atomic mass is 16.2. The number of carbonyl (C=O) groups is 2. The Morgan fingerprint density at radius 2 is 1.84 bits per heavy atom. The van der Waals surface area contributed by atoms with Gasteiger partial charge in [0.15, 0.2) is 0 Å². The molecule has 0 spiro atoms. The summed E-state index contributed by atoms with van der Waals surface area (Å²) < 4.78 is 1.84. The molecule has 0 unspecified atom stereocenters. The van der Waals surface area contributed by atoms with E-state index in [4.69, 9.17) is 10.8 Å². The van der Waals surface area contributed by atoms with Gasteiger partial charge in [0.25, 0.3) is 5.91 Å². The highest BCUT2D eigenvalue weighted by Crippen LogP contribution is 2.33. The Morgan fingerprint density at radius 1 is 1.06 bits per heavy atom. The molecule has 1 aliphatic heterocycles. The van der Waals surface area contributed by atoms with Gasteiger partial charge in [-0.05, 0) is 46.7 Å². The van der Waals surface area contributed by atoms with Crippen molar-refractivity contribution >= 4 is 22.6 Å². The fourth-order valence-corrected chi connectivity index (χ4v) is 3.98. The fourth-order valence-electron chi connectivity index (χ4n) is 3.98. The van der Waals surface area contributed by atoms with Crippen LogP contribution in [0.25, 0.3) is 27.7 Å². The van der Waals surface area contributed by atoms with Gasteiger partial charge in [-0.2, -0.15) is 5.10 Å². The highest BCUT2D eigenvalue weighted by molar-refractivity contribution is 6.05. The fraction of sp³-hybridized carbons (Fsp3) is 0.0800. The molecule has 2 amide bonds. The van der Waals surface area contributed by atoms with Crippen molar-refractivity contribution in [1.29, 1.82) is 0 Å². The summed E-state index contributed by atoms with van der Waals surface area (Å²) >= 11 is 0. The molecule has 0 saturated heterocycles. The van der Waals surface area contributed by atoms with Crippen LogP contribution in [-0.2, 0) is 11.3 Å². The molecule has 2 heterocycles. The van der Waals surface area contributed by atoms with E-state index in [-0.39, 0.29) is 18.0 Å². The van der Waals surface area contributed by atoms with E-state index in [1.54, 1.807) is 4.90 Å². The Bertz CT molecular complexity index is 1350. The van der Waals surface area contributed by atoms with Crippen molar-refractivity contribution in [1.82, 2.24) is 14.7 Å². The molecule has 6 heteroatoms. The number of hydrogen-bond donors (Lipinski definition) is 1. The predicted molar refractivity (Wildman–Crippen MR) is 120 cm³/mol. The number of rotatable bonds is 5.